The molecule has 1 nitrogen and oxygen atoms in total. The minimum atomic E-state index is 1.05. The van der Waals surface area contributed by atoms with E-state index in [4.69, 9.17) is 0 Å². The molecule has 1 aliphatic heterocycles. The third kappa shape index (κ3) is 1.12. The van der Waals surface area contributed by atoms with Crippen LogP contribution in [-0.4, -0.2) is 7.05 Å². The Balaban J connectivity index is 2.48. The Morgan fingerprint density at radius 2 is 2.17 bits per heavy atom. The summed E-state index contributed by atoms with van der Waals surface area (Å²) in [5.74, 6) is 1.05. The molecular weight excluding hydrogens is 166 g/mol. The third-order valence-electron chi connectivity index (χ3n) is 2.12. The van der Waals surface area contributed by atoms with E-state index < -0.39 is 0 Å². The van der Waals surface area contributed by atoms with Gasteiger partial charge in [-0.2, -0.15) is 0 Å². The molecule has 0 radical (unpaired) electrons. The van der Waals surface area contributed by atoms with Crippen LogP contribution in [0.25, 0.3) is 0 Å². The average molecular weight is 177 g/mol. The molecule has 0 saturated carbocycles. The molecule has 0 unspecified atom stereocenters. The standard InChI is InChI=1S/C10H11NS/c1-8-11(2)10-6-4-3-5-9(10)7-12-8/h3-6H,1,7H2,2H3. The molecule has 62 valence electrons. The monoisotopic (exact) mass is 177 g/mol. The highest BCUT2D eigenvalue weighted by atomic mass is 32.2. The van der Waals surface area contributed by atoms with Gasteiger partial charge in [0, 0.05) is 18.5 Å². The van der Waals surface area contributed by atoms with Crippen molar-refractivity contribution in [2.24, 2.45) is 0 Å². The van der Waals surface area contributed by atoms with Crippen LogP contribution in [0.2, 0.25) is 0 Å². The highest BCUT2D eigenvalue weighted by Crippen LogP contribution is 2.36. The molecule has 1 aromatic rings. The van der Waals surface area contributed by atoms with Crippen LogP contribution in [0.5, 0.6) is 0 Å². The number of hydrogen-bond acceptors (Lipinski definition) is 2. The van der Waals surface area contributed by atoms with Gasteiger partial charge in [0.15, 0.2) is 0 Å². The quantitative estimate of drug-likeness (QED) is 0.599. The minimum Gasteiger partial charge on any atom is -0.340 e. The van der Waals surface area contributed by atoms with Crippen molar-refractivity contribution in [2.45, 2.75) is 5.75 Å². The van der Waals surface area contributed by atoms with Crippen LogP contribution >= 0.6 is 11.8 Å². The second-order valence-electron chi connectivity index (χ2n) is 2.87. The predicted octanol–water partition coefficient (Wildman–Crippen LogP) is 2.84. The molecule has 2 rings (SSSR count). The van der Waals surface area contributed by atoms with E-state index in [1.165, 1.54) is 11.3 Å². The second-order valence-corrected chi connectivity index (χ2v) is 3.92. The maximum atomic E-state index is 3.98. The van der Waals surface area contributed by atoms with E-state index in [2.05, 4.69) is 42.8 Å². The minimum absolute atomic E-state index is 1.05. The van der Waals surface area contributed by atoms with Crippen LogP contribution in [-0.2, 0) is 5.75 Å². The molecule has 1 heterocycles. The zero-order valence-corrected chi connectivity index (χ0v) is 7.90. The van der Waals surface area contributed by atoms with Crippen LogP contribution < -0.4 is 4.90 Å². The molecule has 1 aromatic carbocycles. The van der Waals surface area contributed by atoms with Crippen LogP contribution in [0, 0.1) is 0 Å². The van der Waals surface area contributed by atoms with Crippen molar-refractivity contribution in [3.63, 3.8) is 0 Å². The number of fused-ring (bicyclic) bond motifs is 1. The summed E-state index contributed by atoms with van der Waals surface area (Å²) in [6.07, 6.45) is 0. The van der Waals surface area contributed by atoms with E-state index >= 15 is 0 Å². The Kier molecular flexibility index (Phi) is 1.85. The maximum absolute atomic E-state index is 3.98. The molecule has 0 fully saturated rings. The van der Waals surface area contributed by atoms with E-state index in [0.717, 1.165) is 10.8 Å². The van der Waals surface area contributed by atoms with Crippen LogP contribution in [0.4, 0.5) is 5.69 Å². The maximum Gasteiger partial charge on any atom is 0.0679 e. The first kappa shape index (κ1) is 7.74. The molecule has 12 heavy (non-hydrogen) atoms. The number of hydrogen-bond donors (Lipinski definition) is 0. The normalized spacial score (nSPS) is 16.1. The smallest absolute Gasteiger partial charge is 0.0679 e. The molecule has 0 bridgehead atoms. The fourth-order valence-electron chi connectivity index (χ4n) is 1.35. The first-order valence-electron chi connectivity index (χ1n) is 3.92. The van der Waals surface area contributed by atoms with E-state index in [1.54, 1.807) is 11.8 Å². The molecule has 0 spiro atoms. The van der Waals surface area contributed by atoms with Crippen molar-refractivity contribution in [3.05, 3.63) is 41.4 Å². The predicted molar refractivity (Wildman–Crippen MR) is 55.3 cm³/mol. The highest BCUT2D eigenvalue weighted by Gasteiger charge is 2.15. The molecule has 0 aromatic heterocycles. The lowest BCUT2D eigenvalue weighted by Gasteiger charge is -2.28. The number of nitrogens with zero attached hydrogens (tertiary/aromatic N) is 1. The van der Waals surface area contributed by atoms with Crippen molar-refractivity contribution >= 4 is 17.4 Å². The summed E-state index contributed by atoms with van der Waals surface area (Å²) < 4.78 is 0. The number of benzene rings is 1. The lowest BCUT2D eigenvalue weighted by molar-refractivity contribution is 1.14. The summed E-state index contributed by atoms with van der Waals surface area (Å²) >= 11 is 1.80. The Bertz CT molecular complexity index is 319. The van der Waals surface area contributed by atoms with Gasteiger partial charge in [-0.15, -0.1) is 11.8 Å². The molecule has 1 aliphatic rings. The molecular formula is C10H11NS. The van der Waals surface area contributed by atoms with E-state index in [0.29, 0.717) is 0 Å². The molecule has 0 amide bonds. The summed E-state index contributed by atoms with van der Waals surface area (Å²) in [6, 6.07) is 8.46. The van der Waals surface area contributed by atoms with E-state index in [9.17, 15) is 0 Å². The van der Waals surface area contributed by atoms with Gasteiger partial charge < -0.3 is 4.90 Å². The summed E-state index contributed by atoms with van der Waals surface area (Å²) in [7, 11) is 2.06. The van der Waals surface area contributed by atoms with Gasteiger partial charge in [0.25, 0.3) is 0 Å². The zero-order valence-electron chi connectivity index (χ0n) is 7.08. The number of para-hydroxylation sites is 1. The van der Waals surface area contributed by atoms with Crippen LogP contribution in [0.3, 0.4) is 0 Å². The van der Waals surface area contributed by atoms with Gasteiger partial charge in [-0.1, -0.05) is 24.8 Å². The lowest BCUT2D eigenvalue weighted by Crippen LogP contribution is -2.18. The summed E-state index contributed by atoms with van der Waals surface area (Å²) in [5, 5.41) is 1.13. The lowest BCUT2D eigenvalue weighted by atomic mass is 10.2. The van der Waals surface area contributed by atoms with Gasteiger partial charge in [0.2, 0.25) is 0 Å². The first-order valence-corrected chi connectivity index (χ1v) is 4.91. The average Bonchev–Trinajstić information content (AvgIpc) is 2.12. The van der Waals surface area contributed by atoms with Gasteiger partial charge in [-0.25, -0.2) is 0 Å². The van der Waals surface area contributed by atoms with Crippen molar-refractivity contribution < 1.29 is 0 Å². The zero-order chi connectivity index (χ0) is 8.55. The number of thioether (sulfide) groups is 1. The molecule has 0 saturated heterocycles. The summed E-state index contributed by atoms with van der Waals surface area (Å²) in [6.45, 7) is 3.98. The Morgan fingerprint density at radius 1 is 1.42 bits per heavy atom. The Labute approximate surface area is 77.1 Å². The summed E-state index contributed by atoms with van der Waals surface area (Å²) in [5.41, 5.74) is 2.69. The van der Waals surface area contributed by atoms with Gasteiger partial charge in [0.05, 0.1) is 5.03 Å². The largest absolute Gasteiger partial charge is 0.340 e. The van der Waals surface area contributed by atoms with Crippen LogP contribution in [0.1, 0.15) is 5.56 Å². The van der Waals surface area contributed by atoms with Crippen LogP contribution in [0.15, 0.2) is 35.9 Å². The number of rotatable bonds is 0. The fourth-order valence-corrected chi connectivity index (χ4v) is 2.21. The molecule has 0 atom stereocenters. The van der Waals surface area contributed by atoms with E-state index in [-0.39, 0.29) is 0 Å². The molecule has 0 N–H and O–H groups in total. The van der Waals surface area contributed by atoms with Gasteiger partial charge >= 0.3 is 0 Å². The van der Waals surface area contributed by atoms with Gasteiger partial charge in [-0.3, -0.25) is 0 Å². The highest BCUT2D eigenvalue weighted by molar-refractivity contribution is 8.02. The molecule has 2 heteroatoms. The van der Waals surface area contributed by atoms with Crippen molar-refractivity contribution in [2.75, 3.05) is 11.9 Å². The SMILES string of the molecule is C=C1SCc2ccccc2N1C. The Morgan fingerprint density at radius 3 is 3.00 bits per heavy atom. The second kappa shape index (κ2) is 2.87. The Hall–Kier alpha value is -0.890. The third-order valence-corrected chi connectivity index (χ3v) is 3.18. The fraction of sp³-hybridized carbons (Fsp3) is 0.200. The summed E-state index contributed by atoms with van der Waals surface area (Å²) in [4.78, 5) is 2.14. The van der Waals surface area contributed by atoms with Crippen molar-refractivity contribution in [1.82, 2.24) is 0 Å². The molecule has 0 aliphatic carbocycles. The van der Waals surface area contributed by atoms with Crippen molar-refractivity contribution in [1.29, 1.82) is 0 Å². The van der Waals surface area contributed by atoms with Crippen molar-refractivity contribution in [3.8, 4) is 0 Å². The van der Waals surface area contributed by atoms with Gasteiger partial charge in [0.1, 0.15) is 0 Å². The van der Waals surface area contributed by atoms with E-state index in [1.807, 2.05) is 0 Å². The number of anilines is 1. The van der Waals surface area contributed by atoms with Gasteiger partial charge in [-0.05, 0) is 11.6 Å². The first-order chi connectivity index (χ1) is 5.79. The topological polar surface area (TPSA) is 3.24 Å².